The number of nitrogens with one attached hydrogen (secondary N) is 1. The first-order valence-electron chi connectivity index (χ1n) is 7.69. The molecule has 4 heteroatoms. The van der Waals surface area contributed by atoms with E-state index in [1.165, 1.54) is 25.7 Å². The van der Waals surface area contributed by atoms with Gasteiger partial charge in [-0.1, -0.05) is 38.3 Å². The third kappa shape index (κ3) is 4.95. The smallest absolute Gasteiger partial charge is 0.213 e. The second kappa shape index (κ2) is 7.84. The van der Waals surface area contributed by atoms with Gasteiger partial charge in [-0.3, -0.25) is 0 Å². The minimum Gasteiger partial charge on any atom is -0.474 e. The summed E-state index contributed by atoms with van der Waals surface area (Å²) in [6.45, 7) is 5.00. The first kappa shape index (κ1) is 15.6. The number of pyridine rings is 1. The van der Waals surface area contributed by atoms with Crippen LogP contribution < -0.4 is 10.1 Å². The lowest BCUT2D eigenvalue weighted by Crippen LogP contribution is -2.22. The molecule has 3 nitrogen and oxygen atoms in total. The van der Waals surface area contributed by atoms with Gasteiger partial charge in [0.2, 0.25) is 5.88 Å². The second-order valence-corrected chi connectivity index (χ2v) is 6.29. The topological polar surface area (TPSA) is 34.1 Å². The zero-order chi connectivity index (χ0) is 14.4. The summed E-state index contributed by atoms with van der Waals surface area (Å²) in [5.41, 5.74) is 1.05. The van der Waals surface area contributed by atoms with Crippen molar-refractivity contribution in [2.45, 2.75) is 71.1 Å². The molecule has 0 amide bonds. The summed E-state index contributed by atoms with van der Waals surface area (Å²) in [6, 6.07) is 2.41. The number of rotatable bonds is 5. The molecule has 1 heterocycles. The van der Waals surface area contributed by atoms with E-state index in [1.54, 1.807) is 6.20 Å². The molecular weight excluding hydrogens is 272 g/mol. The highest BCUT2D eigenvalue weighted by Crippen LogP contribution is 2.24. The molecule has 0 unspecified atom stereocenters. The number of aromatic nitrogens is 1. The Morgan fingerprint density at radius 2 is 2.00 bits per heavy atom. The van der Waals surface area contributed by atoms with Crippen molar-refractivity contribution < 1.29 is 4.74 Å². The summed E-state index contributed by atoms with van der Waals surface area (Å²) in [5.74, 6) is 0.710. The molecule has 1 aromatic rings. The normalized spacial score (nSPS) is 17.2. The van der Waals surface area contributed by atoms with E-state index in [1.807, 2.05) is 6.07 Å². The van der Waals surface area contributed by atoms with E-state index in [2.05, 4.69) is 24.1 Å². The Balaban J connectivity index is 1.98. The molecule has 1 fully saturated rings. The molecule has 0 atom stereocenters. The van der Waals surface area contributed by atoms with Gasteiger partial charge in [0.05, 0.1) is 5.02 Å². The monoisotopic (exact) mass is 296 g/mol. The lowest BCUT2D eigenvalue weighted by molar-refractivity contribution is 0.176. The van der Waals surface area contributed by atoms with Crippen LogP contribution in [0.4, 0.5) is 0 Å². The summed E-state index contributed by atoms with van der Waals surface area (Å²) in [4.78, 5) is 4.31. The van der Waals surface area contributed by atoms with Crippen LogP contribution in [0.25, 0.3) is 0 Å². The van der Waals surface area contributed by atoms with Crippen molar-refractivity contribution in [2.24, 2.45) is 0 Å². The Morgan fingerprint density at radius 1 is 1.30 bits per heavy atom. The van der Waals surface area contributed by atoms with Crippen molar-refractivity contribution in [3.63, 3.8) is 0 Å². The van der Waals surface area contributed by atoms with Gasteiger partial charge in [0, 0.05) is 24.8 Å². The molecule has 0 saturated heterocycles. The Hall–Kier alpha value is -0.800. The van der Waals surface area contributed by atoms with Crippen LogP contribution in [0.5, 0.6) is 5.88 Å². The van der Waals surface area contributed by atoms with Gasteiger partial charge in [0.1, 0.15) is 6.10 Å². The largest absolute Gasteiger partial charge is 0.474 e. The van der Waals surface area contributed by atoms with Gasteiger partial charge < -0.3 is 10.1 Å². The fraction of sp³-hybridized carbons (Fsp3) is 0.688. The van der Waals surface area contributed by atoms with Crippen molar-refractivity contribution >= 4 is 11.6 Å². The van der Waals surface area contributed by atoms with Crippen LogP contribution in [-0.4, -0.2) is 17.1 Å². The molecule has 0 radical (unpaired) electrons. The maximum absolute atomic E-state index is 6.19. The van der Waals surface area contributed by atoms with E-state index in [4.69, 9.17) is 16.3 Å². The fourth-order valence-electron chi connectivity index (χ4n) is 2.50. The molecule has 20 heavy (non-hydrogen) atoms. The van der Waals surface area contributed by atoms with E-state index in [9.17, 15) is 0 Å². The van der Waals surface area contributed by atoms with Gasteiger partial charge in [-0.15, -0.1) is 0 Å². The predicted octanol–water partition coefficient (Wildman–Crippen LogP) is 4.33. The number of ether oxygens (including phenoxy) is 1. The minimum atomic E-state index is 0.317. The van der Waals surface area contributed by atoms with E-state index < -0.39 is 0 Å². The van der Waals surface area contributed by atoms with Crippen LogP contribution >= 0.6 is 11.6 Å². The van der Waals surface area contributed by atoms with Gasteiger partial charge in [-0.25, -0.2) is 4.98 Å². The third-order valence-corrected chi connectivity index (χ3v) is 4.04. The summed E-state index contributed by atoms with van der Waals surface area (Å²) >= 11 is 6.19. The van der Waals surface area contributed by atoms with Crippen molar-refractivity contribution in [3.05, 3.63) is 22.8 Å². The van der Waals surface area contributed by atoms with Crippen molar-refractivity contribution in [2.75, 3.05) is 0 Å². The average Bonchev–Trinajstić information content (AvgIpc) is 2.68. The standard InChI is InChI=1S/C16H25ClN2O/c1-12(2)18-10-13-9-16(19-11-15(13)17)20-14-7-5-3-4-6-8-14/h9,11-12,14,18H,3-8,10H2,1-2H3. The fourth-order valence-corrected chi connectivity index (χ4v) is 2.67. The Kier molecular flexibility index (Phi) is 6.11. The highest BCUT2D eigenvalue weighted by Gasteiger charge is 2.15. The molecular formula is C16H25ClN2O. The molecule has 0 spiro atoms. The molecule has 0 aliphatic heterocycles. The van der Waals surface area contributed by atoms with Crippen LogP contribution in [0.3, 0.4) is 0 Å². The lowest BCUT2D eigenvalue weighted by Gasteiger charge is -2.17. The molecule has 1 aromatic heterocycles. The van der Waals surface area contributed by atoms with Crippen molar-refractivity contribution in [1.29, 1.82) is 0 Å². The van der Waals surface area contributed by atoms with E-state index >= 15 is 0 Å². The molecule has 1 saturated carbocycles. The Morgan fingerprint density at radius 3 is 2.65 bits per heavy atom. The van der Waals surface area contributed by atoms with E-state index in [-0.39, 0.29) is 0 Å². The Labute approximate surface area is 127 Å². The zero-order valence-corrected chi connectivity index (χ0v) is 13.2. The summed E-state index contributed by atoms with van der Waals surface area (Å²) in [7, 11) is 0. The molecule has 112 valence electrons. The van der Waals surface area contributed by atoms with Crippen LogP contribution in [0.1, 0.15) is 57.9 Å². The third-order valence-electron chi connectivity index (χ3n) is 3.70. The predicted molar refractivity (Wildman–Crippen MR) is 83.3 cm³/mol. The summed E-state index contributed by atoms with van der Waals surface area (Å²) in [5, 5.41) is 4.08. The van der Waals surface area contributed by atoms with Crippen molar-refractivity contribution in [3.8, 4) is 5.88 Å². The molecule has 0 aromatic carbocycles. The molecule has 0 bridgehead atoms. The highest BCUT2D eigenvalue weighted by atomic mass is 35.5. The van der Waals surface area contributed by atoms with Crippen LogP contribution in [0.2, 0.25) is 5.02 Å². The van der Waals surface area contributed by atoms with Gasteiger partial charge in [-0.05, 0) is 31.2 Å². The van der Waals surface area contributed by atoms with Gasteiger partial charge in [0.15, 0.2) is 0 Å². The first-order chi connectivity index (χ1) is 9.65. The Bertz CT molecular complexity index is 415. The highest BCUT2D eigenvalue weighted by molar-refractivity contribution is 6.31. The van der Waals surface area contributed by atoms with Gasteiger partial charge in [0.25, 0.3) is 0 Å². The number of hydrogen-bond acceptors (Lipinski definition) is 3. The van der Waals surface area contributed by atoms with Crippen LogP contribution in [0.15, 0.2) is 12.3 Å². The van der Waals surface area contributed by atoms with Crippen LogP contribution in [0, 0.1) is 0 Å². The SMILES string of the molecule is CC(C)NCc1cc(OC2CCCCCC2)ncc1Cl. The first-order valence-corrected chi connectivity index (χ1v) is 8.07. The second-order valence-electron chi connectivity index (χ2n) is 5.88. The summed E-state index contributed by atoms with van der Waals surface area (Å²) in [6.07, 6.45) is 9.49. The maximum Gasteiger partial charge on any atom is 0.213 e. The van der Waals surface area contributed by atoms with Crippen molar-refractivity contribution in [1.82, 2.24) is 10.3 Å². The molecule has 2 rings (SSSR count). The number of hydrogen-bond donors (Lipinski definition) is 1. The summed E-state index contributed by atoms with van der Waals surface area (Å²) < 4.78 is 6.04. The van der Waals surface area contributed by atoms with E-state index in [0.29, 0.717) is 23.0 Å². The minimum absolute atomic E-state index is 0.317. The van der Waals surface area contributed by atoms with E-state index in [0.717, 1.165) is 24.9 Å². The van der Waals surface area contributed by atoms with Gasteiger partial charge >= 0.3 is 0 Å². The van der Waals surface area contributed by atoms with Crippen LogP contribution in [-0.2, 0) is 6.54 Å². The average molecular weight is 297 g/mol. The molecule has 1 aliphatic carbocycles. The number of halogens is 1. The van der Waals surface area contributed by atoms with Gasteiger partial charge in [-0.2, -0.15) is 0 Å². The zero-order valence-electron chi connectivity index (χ0n) is 12.5. The molecule has 1 aliphatic rings. The quantitative estimate of drug-likeness (QED) is 0.821. The maximum atomic E-state index is 6.19. The number of nitrogens with zero attached hydrogens (tertiary/aromatic N) is 1. The lowest BCUT2D eigenvalue weighted by atomic mass is 10.1. The molecule has 1 N–H and O–H groups in total.